The van der Waals surface area contributed by atoms with Gasteiger partial charge in [0.2, 0.25) is 0 Å². The molecule has 0 saturated carbocycles. The minimum atomic E-state index is -0.210. The van der Waals surface area contributed by atoms with Crippen LogP contribution in [-0.2, 0) is 0 Å². The average molecular weight is 405 g/mol. The summed E-state index contributed by atoms with van der Waals surface area (Å²) in [6.45, 7) is 2.90. The standard InChI is InChI=1S/C21H23N7O2/c1-26-11-13-27(14-12-26)21(30)18-19(22)28(25-24-18)17-9-7-16(8-10-17)23-20(29)15-5-3-2-4-6-15/h2-10H,11-14,22H2,1H3,(H,23,29). The molecular formula is C21H23N7O2. The summed E-state index contributed by atoms with van der Waals surface area (Å²) in [5.41, 5.74) is 8.19. The zero-order valence-corrected chi connectivity index (χ0v) is 16.7. The van der Waals surface area contributed by atoms with Crippen LogP contribution < -0.4 is 11.1 Å². The molecule has 154 valence electrons. The number of anilines is 2. The fourth-order valence-corrected chi connectivity index (χ4v) is 3.27. The van der Waals surface area contributed by atoms with Crippen molar-refractivity contribution in [2.24, 2.45) is 0 Å². The molecule has 1 aliphatic rings. The number of piperazine rings is 1. The summed E-state index contributed by atoms with van der Waals surface area (Å²) in [6, 6.07) is 16.0. The van der Waals surface area contributed by atoms with Crippen molar-refractivity contribution in [2.75, 3.05) is 44.3 Å². The Balaban J connectivity index is 1.47. The highest BCUT2D eigenvalue weighted by molar-refractivity contribution is 6.04. The number of nitrogens with two attached hydrogens (primary N) is 1. The second-order valence-electron chi connectivity index (χ2n) is 7.20. The van der Waals surface area contributed by atoms with Crippen molar-refractivity contribution >= 4 is 23.3 Å². The van der Waals surface area contributed by atoms with Gasteiger partial charge in [-0.15, -0.1) is 5.10 Å². The van der Waals surface area contributed by atoms with E-state index in [0.717, 1.165) is 13.1 Å². The molecule has 1 fully saturated rings. The van der Waals surface area contributed by atoms with E-state index in [2.05, 4.69) is 20.5 Å². The third kappa shape index (κ3) is 4.01. The first-order valence-electron chi connectivity index (χ1n) is 9.69. The zero-order valence-electron chi connectivity index (χ0n) is 16.7. The van der Waals surface area contributed by atoms with Crippen LogP contribution in [0.2, 0.25) is 0 Å². The number of nitrogens with zero attached hydrogens (tertiary/aromatic N) is 5. The minimum Gasteiger partial charge on any atom is -0.382 e. The van der Waals surface area contributed by atoms with E-state index in [0.29, 0.717) is 30.0 Å². The first-order chi connectivity index (χ1) is 14.5. The number of hydrogen-bond acceptors (Lipinski definition) is 6. The molecule has 0 unspecified atom stereocenters. The number of carbonyl (C=O) groups excluding carboxylic acids is 2. The minimum absolute atomic E-state index is 0.154. The average Bonchev–Trinajstić information content (AvgIpc) is 3.16. The van der Waals surface area contributed by atoms with Crippen LogP contribution >= 0.6 is 0 Å². The van der Waals surface area contributed by atoms with Gasteiger partial charge in [-0.3, -0.25) is 9.59 Å². The Kier molecular flexibility index (Phi) is 5.44. The molecule has 9 nitrogen and oxygen atoms in total. The molecule has 1 aliphatic heterocycles. The van der Waals surface area contributed by atoms with E-state index in [9.17, 15) is 9.59 Å². The molecule has 3 aromatic rings. The number of amides is 2. The van der Waals surface area contributed by atoms with E-state index in [-0.39, 0.29) is 23.3 Å². The van der Waals surface area contributed by atoms with Crippen molar-refractivity contribution in [3.63, 3.8) is 0 Å². The van der Waals surface area contributed by atoms with Crippen molar-refractivity contribution in [3.8, 4) is 5.69 Å². The molecule has 9 heteroatoms. The number of nitrogen functional groups attached to an aromatic ring is 1. The van der Waals surface area contributed by atoms with Crippen molar-refractivity contribution < 1.29 is 9.59 Å². The number of nitrogens with one attached hydrogen (secondary N) is 1. The maximum atomic E-state index is 12.7. The van der Waals surface area contributed by atoms with E-state index in [1.165, 1.54) is 4.68 Å². The lowest BCUT2D eigenvalue weighted by atomic mass is 10.2. The van der Waals surface area contributed by atoms with E-state index in [4.69, 9.17) is 5.73 Å². The van der Waals surface area contributed by atoms with Crippen LogP contribution in [0.15, 0.2) is 54.6 Å². The lowest BCUT2D eigenvalue weighted by Gasteiger charge is -2.31. The van der Waals surface area contributed by atoms with Gasteiger partial charge in [0.05, 0.1) is 5.69 Å². The number of rotatable bonds is 4. The first-order valence-corrected chi connectivity index (χ1v) is 9.69. The highest BCUT2D eigenvalue weighted by Crippen LogP contribution is 2.19. The summed E-state index contributed by atoms with van der Waals surface area (Å²) in [6.07, 6.45) is 0. The normalized spacial score (nSPS) is 14.5. The molecule has 3 N–H and O–H groups in total. The van der Waals surface area contributed by atoms with Gasteiger partial charge in [0.1, 0.15) is 0 Å². The fourth-order valence-electron chi connectivity index (χ4n) is 3.27. The predicted octanol–water partition coefficient (Wildman–Crippen LogP) is 1.49. The molecule has 1 aromatic heterocycles. The molecular weight excluding hydrogens is 382 g/mol. The van der Waals surface area contributed by atoms with Crippen molar-refractivity contribution in [3.05, 3.63) is 65.9 Å². The second kappa shape index (κ2) is 8.34. The quantitative estimate of drug-likeness (QED) is 0.681. The Morgan fingerprint density at radius 2 is 1.63 bits per heavy atom. The summed E-state index contributed by atoms with van der Waals surface area (Å²) in [5.74, 6) is -0.206. The van der Waals surface area contributed by atoms with Gasteiger partial charge in [-0.1, -0.05) is 23.4 Å². The lowest BCUT2D eigenvalue weighted by Crippen LogP contribution is -2.47. The van der Waals surface area contributed by atoms with E-state index >= 15 is 0 Å². The smallest absolute Gasteiger partial charge is 0.278 e. The Hall–Kier alpha value is -3.72. The molecule has 30 heavy (non-hydrogen) atoms. The molecule has 0 spiro atoms. The van der Waals surface area contributed by atoms with Gasteiger partial charge >= 0.3 is 0 Å². The van der Waals surface area contributed by atoms with Crippen molar-refractivity contribution in [1.29, 1.82) is 0 Å². The largest absolute Gasteiger partial charge is 0.382 e. The highest BCUT2D eigenvalue weighted by atomic mass is 16.2. The summed E-state index contributed by atoms with van der Waals surface area (Å²) < 4.78 is 1.42. The second-order valence-corrected chi connectivity index (χ2v) is 7.20. The number of likely N-dealkylation sites (N-methyl/N-ethyl adjacent to an activating group) is 1. The maximum Gasteiger partial charge on any atom is 0.278 e. The molecule has 0 atom stereocenters. The van der Waals surface area contributed by atoms with E-state index < -0.39 is 0 Å². The third-order valence-corrected chi connectivity index (χ3v) is 5.10. The van der Waals surface area contributed by atoms with Gasteiger partial charge in [0, 0.05) is 37.4 Å². The van der Waals surface area contributed by atoms with Crippen molar-refractivity contribution in [1.82, 2.24) is 24.8 Å². The number of aromatic nitrogens is 3. The van der Waals surface area contributed by atoms with Gasteiger partial charge < -0.3 is 20.9 Å². The zero-order chi connectivity index (χ0) is 21.1. The lowest BCUT2D eigenvalue weighted by molar-refractivity contribution is 0.0659. The van der Waals surface area contributed by atoms with Crippen LogP contribution in [0.25, 0.3) is 5.69 Å². The van der Waals surface area contributed by atoms with Crippen LogP contribution in [0.1, 0.15) is 20.8 Å². The summed E-state index contributed by atoms with van der Waals surface area (Å²) >= 11 is 0. The van der Waals surface area contributed by atoms with Crippen LogP contribution in [0.5, 0.6) is 0 Å². The van der Waals surface area contributed by atoms with Gasteiger partial charge in [-0.2, -0.15) is 4.68 Å². The summed E-state index contributed by atoms with van der Waals surface area (Å²) in [7, 11) is 2.03. The topological polar surface area (TPSA) is 109 Å². The number of benzene rings is 2. The molecule has 0 radical (unpaired) electrons. The van der Waals surface area contributed by atoms with Crippen LogP contribution in [-0.4, -0.2) is 69.8 Å². The van der Waals surface area contributed by atoms with Crippen LogP contribution in [0, 0.1) is 0 Å². The SMILES string of the molecule is CN1CCN(C(=O)c2nnn(-c3ccc(NC(=O)c4ccccc4)cc3)c2N)CC1. The first kappa shape index (κ1) is 19.6. The van der Waals surface area contributed by atoms with Gasteiger partial charge in [0.15, 0.2) is 11.5 Å². The highest BCUT2D eigenvalue weighted by Gasteiger charge is 2.26. The molecule has 4 rings (SSSR count). The number of carbonyl (C=O) groups is 2. The summed E-state index contributed by atoms with van der Waals surface area (Å²) in [5, 5.41) is 10.9. The van der Waals surface area contributed by atoms with Crippen LogP contribution in [0.4, 0.5) is 11.5 Å². The van der Waals surface area contributed by atoms with Gasteiger partial charge in [-0.25, -0.2) is 0 Å². The molecule has 2 aromatic carbocycles. The van der Waals surface area contributed by atoms with Gasteiger partial charge in [0.25, 0.3) is 11.8 Å². The van der Waals surface area contributed by atoms with Gasteiger partial charge in [-0.05, 0) is 43.4 Å². The Bertz CT molecular complexity index is 1040. The third-order valence-electron chi connectivity index (χ3n) is 5.10. The molecule has 1 saturated heterocycles. The Labute approximate surface area is 174 Å². The maximum absolute atomic E-state index is 12.7. The van der Waals surface area contributed by atoms with Crippen molar-refractivity contribution in [2.45, 2.75) is 0 Å². The number of hydrogen-bond donors (Lipinski definition) is 2. The van der Waals surface area contributed by atoms with Crippen LogP contribution in [0.3, 0.4) is 0 Å². The Morgan fingerprint density at radius 1 is 0.967 bits per heavy atom. The molecule has 2 heterocycles. The Morgan fingerprint density at radius 3 is 2.30 bits per heavy atom. The molecule has 2 amide bonds. The van der Waals surface area contributed by atoms with E-state index in [1.54, 1.807) is 41.3 Å². The molecule has 0 aliphatic carbocycles. The van der Waals surface area contributed by atoms with E-state index in [1.807, 2.05) is 25.2 Å². The molecule has 0 bridgehead atoms. The fraction of sp³-hybridized carbons (Fsp3) is 0.238. The predicted molar refractivity (Wildman–Crippen MR) is 114 cm³/mol. The monoisotopic (exact) mass is 405 g/mol. The summed E-state index contributed by atoms with van der Waals surface area (Å²) in [4.78, 5) is 28.9.